The highest BCUT2D eigenvalue weighted by molar-refractivity contribution is 5.39. The first-order valence-electron chi connectivity index (χ1n) is 5.33. The van der Waals surface area contributed by atoms with E-state index in [2.05, 4.69) is 0 Å². The fourth-order valence-corrected chi connectivity index (χ4v) is 1.82. The Kier molecular flexibility index (Phi) is 3.25. The third-order valence-corrected chi connectivity index (χ3v) is 2.78. The van der Waals surface area contributed by atoms with Crippen molar-refractivity contribution in [2.24, 2.45) is 0 Å². The van der Waals surface area contributed by atoms with Crippen LogP contribution in [0.3, 0.4) is 0 Å². The third-order valence-electron chi connectivity index (χ3n) is 2.78. The van der Waals surface area contributed by atoms with Crippen molar-refractivity contribution < 1.29 is 13.9 Å². The zero-order valence-electron chi connectivity index (χ0n) is 9.65. The smallest absolute Gasteiger partial charge is 0.255 e. The number of aliphatic hydroxyl groups is 1. The Morgan fingerprint density at radius 2 is 1.78 bits per heavy atom. The number of halogens is 2. The predicted molar refractivity (Wildman–Crippen MR) is 62.6 cm³/mol. The molecule has 94 valence electrons. The van der Waals surface area contributed by atoms with Crippen molar-refractivity contribution in [3.05, 3.63) is 63.6 Å². The summed E-state index contributed by atoms with van der Waals surface area (Å²) in [6.07, 6.45) is 0. The number of nitrogens with zero attached hydrogens (tertiary/aromatic N) is 1. The number of benzene rings is 1. The van der Waals surface area contributed by atoms with Crippen LogP contribution in [0.4, 0.5) is 8.78 Å². The Morgan fingerprint density at radius 3 is 2.33 bits per heavy atom. The number of hydrogen-bond donors (Lipinski definition) is 1. The minimum Gasteiger partial charge on any atom is -0.392 e. The van der Waals surface area contributed by atoms with E-state index in [4.69, 9.17) is 5.11 Å². The molecule has 0 fully saturated rings. The molecule has 0 aliphatic heterocycles. The van der Waals surface area contributed by atoms with Gasteiger partial charge in [-0.25, -0.2) is 8.78 Å². The second-order valence-electron chi connectivity index (χ2n) is 3.85. The van der Waals surface area contributed by atoms with E-state index < -0.39 is 22.9 Å². The highest BCUT2D eigenvalue weighted by Gasteiger charge is 2.15. The lowest BCUT2D eigenvalue weighted by Crippen LogP contribution is -2.23. The molecule has 0 atom stereocenters. The number of rotatable bonds is 2. The van der Waals surface area contributed by atoms with Gasteiger partial charge >= 0.3 is 0 Å². The lowest BCUT2D eigenvalue weighted by molar-refractivity contribution is 0.280. The summed E-state index contributed by atoms with van der Waals surface area (Å²) in [7, 11) is 0. The fraction of sp³-hybridized carbons (Fsp3) is 0.154. The highest BCUT2D eigenvalue weighted by Crippen LogP contribution is 2.18. The number of aromatic nitrogens is 1. The second kappa shape index (κ2) is 4.70. The van der Waals surface area contributed by atoms with E-state index in [-0.39, 0.29) is 6.61 Å². The van der Waals surface area contributed by atoms with Crippen molar-refractivity contribution in [2.45, 2.75) is 13.5 Å². The van der Waals surface area contributed by atoms with Crippen LogP contribution in [-0.2, 0) is 6.61 Å². The van der Waals surface area contributed by atoms with Crippen molar-refractivity contribution in [1.82, 2.24) is 4.57 Å². The van der Waals surface area contributed by atoms with Gasteiger partial charge in [-0.05, 0) is 30.7 Å². The van der Waals surface area contributed by atoms with Gasteiger partial charge in [-0.2, -0.15) is 0 Å². The molecule has 0 spiro atoms. The molecule has 18 heavy (non-hydrogen) atoms. The van der Waals surface area contributed by atoms with Crippen molar-refractivity contribution >= 4 is 0 Å². The lowest BCUT2D eigenvalue weighted by Gasteiger charge is -2.14. The van der Waals surface area contributed by atoms with Gasteiger partial charge in [-0.3, -0.25) is 9.36 Å². The molecule has 0 saturated carbocycles. The summed E-state index contributed by atoms with van der Waals surface area (Å²) in [5.74, 6) is -1.65. The normalized spacial score (nSPS) is 10.7. The average Bonchev–Trinajstić information content (AvgIpc) is 2.33. The molecule has 3 nitrogen and oxygen atoms in total. The van der Waals surface area contributed by atoms with Gasteiger partial charge < -0.3 is 5.11 Å². The summed E-state index contributed by atoms with van der Waals surface area (Å²) >= 11 is 0. The second-order valence-corrected chi connectivity index (χ2v) is 3.85. The Balaban J connectivity index is 2.83. The molecular weight excluding hydrogens is 240 g/mol. The molecule has 1 aromatic heterocycles. The molecule has 0 aliphatic rings. The summed E-state index contributed by atoms with van der Waals surface area (Å²) in [5.41, 5.74) is -0.213. The average molecular weight is 251 g/mol. The molecule has 1 heterocycles. The number of para-hydroxylation sites is 1. The standard InChI is InChI=1S/C13H11F2NO2/c1-8-9(7-17)5-6-12(18)16(8)13-10(14)3-2-4-11(13)15/h2-6,17H,7H2,1H3. The van der Waals surface area contributed by atoms with Crippen LogP contribution in [0.2, 0.25) is 0 Å². The van der Waals surface area contributed by atoms with Gasteiger partial charge in [0, 0.05) is 11.8 Å². The fourth-order valence-electron chi connectivity index (χ4n) is 1.82. The van der Waals surface area contributed by atoms with Crippen LogP contribution in [0.1, 0.15) is 11.3 Å². The van der Waals surface area contributed by atoms with E-state index >= 15 is 0 Å². The maximum atomic E-state index is 13.7. The van der Waals surface area contributed by atoms with E-state index in [0.717, 1.165) is 16.7 Å². The van der Waals surface area contributed by atoms with Crippen LogP contribution in [-0.4, -0.2) is 9.67 Å². The number of hydrogen-bond acceptors (Lipinski definition) is 2. The topological polar surface area (TPSA) is 42.2 Å². The van der Waals surface area contributed by atoms with Gasteiger partial charge in [-0.15, -0.1) is 0 Å². The summed E-state index contributed by atoms with van der Waals surface area (Å²) in [6.45, 7) is 1.22. The van der Waals surface area contributed by atoms with Gasteiger partial charge in [0.2, 0.25) is 0 Å². The van der Waals surface area contributed by atoms with Crippen molar-refractivity contribution in [2.75, 3.05) is 0 Å². The van der Waals surface area contributed by atoms with Gasteiger partial charge in [0.25, 0.3) is 5.56 Å². The monoisotopic (exact) mass is 251 g/mol. The summed E-state index contributed by atoms with van der Waals surface area (Å²) < 4.78 is 28.3. The van der Waals surface area contributed by atoms with Crippen molar-refractivity contribution in [1.29, 1.82) is 0 Å². The largest absolute Gasteiger partial charge is 0.392 e. The molecule has 2 rings (SSSR count). The van der Waals surface area contributed by atoms with Crippen LogP contribution in [0.5, 0.6) is 0 Å². The third kappa shape index (κ3) is 1.93. The first kappa shape index (κ1) is 12.4. The Bertz CT molecular complexity index is 630. The minimum absolute atomic E-state index is 0.303. The van der Waals surface area contributed by atoms with Crippen LogP contribution in [0, 0.1) is 18.6 Å². The molecule has 2 aromatic rings. The van der Waals surface area contributed by atoms with Crippen LogP contribution >= 0.6 is 0 Å². The SMILES string of the molecule is Cc1c(CO)ccc(=O)n1-c1c(F)cccc1F. The number of aliphatic hydroxyl groups excluding tert-OH is 1. The predicted octanol–water partition coefficient (Wildman–Crippen LogP) is 1.92. The van der Waals surface area contributed by atoms with E-state index in [1.807, 2.05) is 0 Å². The van der Waals surface area contributed by atoms with E-state index in [1.54, 1.807) is 0 Å². The minimum atomic E-state index is -0.824. The van der Waals surface area contributed by atoms with Crippen LogP contribution in [0.25, 0.3) is 5.69 Å². The number of pyridine rings is 1. The van der Waals surface area contributed by atoms with E-state index in [1.165, 1.54) is 25.1 Å². The zero-order chi connectivity index (χ0) is 13.3. The molecule has 0 amide bonds. The Morgan fingerprint density at radius 1 is 1.17 bits per heavy atom. The summed E-state index contributed by atoms with van der Waals surface area (Å²) in [4.78, 5) is 11.8. The maximum Gasteiger partial charge on any atom is 0.255 e. The first-order chi connectivity index (χ1) is 8.56. The lowest BCUT2D eigenvalue weighted by atomic mass is 10.2. The van der Waals surface area contributed by atoms with Gasteiger partial charge in [0.05, 0.1) is 6.61 Å². The molecule has 0 bridgehead atoms. The molecule has 0 radical (unpaired) electrons. The highest BCUT2D eigenvalue weighted by atomic mass is 19.1. The van der Waals surface area contributed by atoms with Crippen LogP contribution in [0.15, 0.2) is 35.1 Å². The molecule has 1 N–H and O–H groups in total. The summed E-state index contributed by atoms with van der Waals surface area (Å²) in [6, 6.07) is 5.99. The van der Waals surface area contributed by atoms with Crippen molar-refractivity contribution in [3.8, 4) is 5.69 Å². The first-order valence-corrected chi connectivity index (χ1v) is 5.33. The molecular formula is C13H11F2NO2. The molecule has 5 heteroatoms. The van der Waals surface area contributed by atoms with E-state index in [9.17, 15) is 13.6 Å². The Hall–Kier alpha value is -2.01. The van der Waals surface area contributed by atoms with E-state index in [0.29, 0.717) is 11.3 Å². The summed E-state index contributed by atoms with van der Waals surface area (Å²) in [5, 5.41) is 9.12. The van der Waals surface area contributed by atoms with Gasteiger partial charge in [-0.1, -0.05) is 6.07 Å². The molecule has 0 aliphatic carbocycles. The van der Waals surface area contributed by atoms with Gasteiger partial charge in [0.1, 0.15) is 17.3 Å². The van der Waals surface area contributed by atoms with Gasteiger partial charge in [0.15, 0.2) is 0 Å². The maximum absolute atomic E-state index is 13.7. The van der Waals surface area contributed by atoms with Crippen LogP contribution < -0.4 is 5.56 Å². The molecule has 1 aromatic carbocycles. The Labute approximate surface area is 102 Å². The molecule has 0 saturated heterocycles. The quantitative estimate of drug-likeness (QED) is 0.886. The molecule has 0 unspecified atom stereocenters. The van der Waals surface area contributed by atoms with Crippen molar-refractivity contribution in [3.63, 3.8) is 0 Å². The zero-order valence-corrected chi connectivity index (χ0v) is 9.65.